The van der Waals surface area contributed by atoms with E-state index in [0.717, 1.165) is 0 Å². The molecule has 0 radical (unpaired) electrons. The highest BCUT2D eigenvalue weighted by atomic mass is 16.8. The van der Waals surface area contributed by atoms with E-state index < -0.39 is 12.1 Å². The minimum Gasteiger partial charge on any atom is -0.353 e. The largest absolute Gasteiger partial charge is 0.353 e. The highest BCUT2D eigenvalue weighted by molar-refractivity contribution is 4.95. The third-order valence-electron chi connectivity index (χ3n) is 2.67. The first-order valence-corrected chi connectivity index (χ1v) is 5.11. The maximum absolute atomic E-state index is 8.47. The van der Waals surface area contributed by atoms with Crippen molar-refractivity contribution in [3.63, 3.8) is 0 Å². The van der Waals surface area contributed by atoms with Crippen LogP contribution in [0.3, 0.4) is 0 Å². The first-order valence-electron chi connectivity index (χ1n) is 5.11. The van der Waals surface area contributed by atoms with Crippen molar-refractivity contribution in [3.05, 3.63) is 10.4 Å². The number of rotatable bonds is 2. The zero-order valence-corrected chi connectivity index (χ0v) is 9.49. The maximum Gasteiger partial charge on any atom is 0.186 e. The number of hydrogen-bond donors (Lipinski definition) is 0. The maximum atomic E-state index is 8.47. The number of nitrogens with zero attached hydrogens (tertiary/aromatic N) is 3. The third kappa shape index (κ3) is 2.00. The molecule has 2 saturated heterocycles. The van der Waals surface area contributed by atoms with Crippen molar-refractivity contribution in [2.24, 2.45) is 5.11 Å². The number of hydrogen-bond acceptors (Lipinski definition) is 5. The predicted octanol–water partition coefficient (Wildman–Crippen LogP) is 1.19. The molecule has 0 aliphatic carbocycles. The van der Waals surface area contributed by atoms with Crippen LogP contribution >= 0.6 is 0 Å². The van der Waals surface area contributed by atoms with Crippen LogP contribution in [0, 0.1) is 0 Å². The van der Waals surface area contributed by atoms with Crippen LogP contribution in [-0.4, -0.2) is 44.0 Å². The van der Waals surface area contributed by atoms with Crippen molar-refractivity contribution in [2.75, 3.05) is 13.7 Å². The molecule has 2 aliphatic rings. The summed E-state index contributed by atoms with van der Waals surface area (Å²) in [6, 6.07) is -0.372. The van der Waals surface area contributed by atoms with Crippen LogP contribution in [-0.2, 0) is 18.9 Å². The SMILES string of the molecule is CO[C@@H]1OC[C@@H](N=[N+]=[N-])[C@H]2OC(C)(C)O[C@@H]12. The van der Waals surface area contributed by atoms with Crippen LogP contribution in [0.4, 0.5) is 0 Å². The second-order valence-corrected chi connectivity index (χ2v) is 4.27. The van der Waals surface area contributed by atoms with E-state index in [1.165, 1.54) is 0 Å². The smallest absolute Gasteiger partial charge is 0.186 e. The van der Waals surface area contributed by atoms with Gasteiger partial charge in [0.1, 0.15) is 12.2 Å². The van der Waals surface area contributed by atoms with Crippen molar-refractivity contribution >= 4 is 0 Å². The highest BCUT2D eigenvalue weighted by Gasteiger charge is 2.52. The molecule has 0 N–H and O–H groups in total. The number of azide groups is 1. The van der Waals surface area contributed by atoms with E-state index in [-0.39, 0.29) is 24.9 Å². The molecule has 2 heterocycles. The molecule has 0 saturated carbocycles. The Bertz CT molecular complexity index is 316. The monoisotopic (exact) mass is 229 g/mol. The summed E-state index contributed by atoms with van der Waals surface area (Å²) in [5.41, 5.74) is 8.47. The minimum atomic E-state index is -0.705. The minimum absolute atomic E-state index is 0.281. The van der Waals surface area contributed by atoms with E-state index in [2.05, 4.69) is 10.0 Å². The summed E-state index contributed by atoms with van der Waals surface area (Å²) in [6.07, 6.45) is -1.15. The Labute approximate surface area is 93.2 Å². The summed E-state index contributed by atoms with van der Waals surface area (Å²) in [6.45, 7) is 3.90. The summed E-state index contributed by atoms with van der Waals surface area (Å²) in [4.78, 5) is 2.79. The van der Waals surface area contributed by atoms with E-state index >= 15 is 0 Å². The molecule has 7 nitrogen and oxygen atoms in total. The Morgan fingerprint density at radius 2 is 2.06 bits per heavy atom. The van der Waals surface area contributed by atoms with Gasteiger partial charge < -0.3 is 18.9 Å². The average Bonchev–Trinajstić information content (AvgIpc) is 2.54. The molecule has 90 valence electrons. The average molecular weight is 229 g/mol. The zero-order chi connectivity index (χ0) is 11.8. The topological polar surface area (TPSA) is 85.7 Å². The molecule has 0 spiro atoms. The van der Waals surface area contributed by atoms with Crippen molar-refractivity contribution < 1.29 is 18.9 Å². The van der Waals surface area contributed by atoms with Crippen LogP contribution in [0.2, 0.25) is 0 Å². The second kappa shape index (κ2) is 4.20. The lowest BCUT2D eigenvalue weighted by Crippen LogP contribution is -2.51. The van der Waals surface area contributed by atoms with Gasteiger partial charge in [-0.05, 0) is 19.4 Å². The molecule has 0 aromatic rings. The molecule has 0 aromatic heterocycles. The van der Waals surface area contributed by atoms with Crippen LogP contribution in [0.5, 0.6) is 0 Å². The first kappa shape index (κ1) is 11.6. The summed E-state index contributed by atoms with van der Waals surface area (Å²) >= 11 is 0. The van der Waals surface area contributed by atoms with Crippen molar-refractivity contribution in [1.82, 2.24) is 0 Å². The van der Waals surface area contributed by atoms with E-state index in [4.69, 9.17) is 24.5 Å². The van der Waals surface area contributed by atoms with Gasteiger partial charge in [0.15, 0.2) is 12.1 Å². The number of ether oxygens (including phenoxy) is 4. The molecule has 4 atom stereocenters. The van der Waals surface area contributed by atoms with Crippen molar-refractivity contribution in [2.45, 2.75) is 44.2 Å². The van der Waals surface area contributed by atoms with E-state index in [1.54, 1.807) is 7.11 Å². The molecule has 2 aliphatic heterocycles. The lowest BCUT2D eigenvalue weighted by Gasteiger charge is -2.33. The Morgan fingerprint density at radius 1 is 1.38 bits per heavy atom. The molecule has 2 rings (SSSR count). The van der Waals surface area contributed by atoms with Crippen LogP contribution in [0.15, 0.2) is 5.11 Å². The van der Waals surface area contributed by atoms with Crippen LogP contribution < -0.4 is 0 Å². The molecule has 7 heteroatoms. The molecule has 0 unspecified atom stereocenters. The molecule has 0 bridgehead atoms. The Kier molecular flexibility index (Phi) is 3.05. The van der Waals surface area contributed by atoms with E-state index in [1.807, 2.05) is 13.8 Å². The van der Waals surface area contributed by atoms with E-state index in [9.17, 15) is 0 Å². The Hall–Kier alpha value is -0.850. The van der Waals surface area contributed by atoms with Gasteiger partial charge in [0, 0.05) is 12.0 Å². The van der Waals surface area contributed by atoms with Gasteiger partial charge in [0.05, 0.1) is 12.6 Å². The lowest BCUT2D eigenvalue weighted by atomic mass is 10.0. The van der Waals surface area contributed by atoms with Gasteiger partial charge in [-0.1, -0.05) is 5.11 Å². The lowest BCUT2D eigenvalue weighted by molar-refractivity contribution is -0.221. The van der Waals surface area contributed by atoms with Gasteiger partial charge in [0.25, 0.3) is 0 Å². The molecular weight excluding hydrogens is 214 g/mol. The standard InChI is InChI=1S/C9H15N3O4/c1-9(2)15-6-5(11-12-10)4-14-8(13-3)7(6)16-9/h5-8H,4H2,1-3H3/t5-,6-,7-,8-/m1/s1. The van der Waals surface area contributed by atoms with Crippen LogP contribution in [0.25, 0.3) is 10.4 Å². The zero-order valence-electron chi connectivity index (χ0n) is 9.49. The van der Waals surface area contributed by atoms with Gasteiger partial charge >= 0.3 is 0 Å². The molecule has 2 fully saturated rings. The van der Waals surface area contributed by atoms with Gasteiger partial charge in [0.2, 0.25) is 0 Å². The van der Waals surface area contributed by atoms with Gasteiger partial charge in [-0.25, -0.2) is 0 Å². The van der Waals surface area contributed by atoms with Crippen LogP contribution in [0.1, 0.15) is 13.8 Å². The van der Waals surface area contributed by atoms with Gasteiger partial charge in [-0.3, -0.25) is 0 Å². The summed E-state index contributed by atoms with van der Waals surface area (Å²) < 4.78 is 22.0. The Balaban J connectivity index is 2.19. The van der Waals surface area contributed by atoms with Crippen molar-refractivity contribution in [3.8, 4) is 0 Å². The summed E-state index contributed by atoms with van der Waals surface area (Å²) in [5.74, 6) is -0.705. The molecule has 16 heavy (non-hydrogen) atoms. The number of methoxy groups -OCH3 is 1. The first-order chi connectivity index (χ1) is 7.57. The fourth-order valence-electron chi connectivity index (χ4n) is 2.08. The highest BCUT2D eigenvalue weighted by Crippen LogP contribution is 2.36. The van der Waals surface area contributed by atoms with Crippen molar-refractivity contribution in [1.29, 1.82) is 0 Å². The molecular formula is C9H15N3O4. The molecule has 0 aromatic carbocycles. The number of fused-ring (bicyclic) bond motifs is 1. The summed E-state index contributed by atoms with van der Waals surface area (Å²) in [5, 5.41) is 3.66. The quantitative estimate of drug-likeness (QED) is 0.404. The third-order valence-corrected chi connectivity index (χ3v) is 2.67. The predicted molar refractivity (Wildman–Crippen MR) is 53.5 cm³/mol. The Morgan fingerprint density at radius 3 is 2.69 bits per heavy atom. The fourth-order valence-corrected chi connectivity index (χ4v) is 2.08. The van der Waals surface area contributed by atoms with Gasteiger partial charge in [-0.2, -0.15) is 0 Å². The molecule has 0 amide bonds. The van der Waals surface area contributed by atoms with E-state index in [0.29, 0.717) is 0 Å². The van der Waals surface area contributed by atoms with Gasteiger partial charge in [-0.15, -0.1) is 0 Å². The second-order valence-electron chi connectivity index (χ2n) is 4.27. The fraction of sp³-hybridized carbons (Fsp3) is 1.00. The summed E-state index contributed by atoms with van der Waals surface area (Å²) in [7, 11) is 1.55. The normalized spacial score (nSPS) is 41.2.